The molecule has 0 unspecified atom stereocenters. The summed E-state index contributed by atoms with van der Waals surface area (Å²) >= 11 is 0. The summed E-state index contributed by atoms with van der Waals surface area (Å²) in [5, 5.41) is 8.72. The predicted molar refractivity (Wildman–Crippen MR) is 103 cm³/mol. The molecule has 0 saturated carbocycles. The second kappa shape index (κ2) is 10.2. The second-order valence-electron chi connectivity index (χ2n) is 5.76. The van der Waals surface area contributed by atoms with Gasteiger partial charge in [-0.25, -0.2) is 8.42 Å². The maximum Gasteiger partial charge on any atom is 0.276 e. The molecular weight excluding hydrogens is 398 g/mol. The number of amides is 2. The Morgan fingerprint density at radius 3 is 2.28 bits per heavy atom. The topological polar surface area (TPSA) is 135 Å². The lowest BCUT2D eigenvalue weighted by atomic mass is 10.2. The number of nitrogens with zero attached hydrogens (tertiary/aromatic N) is 1. The van der Waals surface area contributed by atoms with Crippen molar-refractivity contribution < 1.29 is 27.5 Å². The van der Waals surface area contributed by atoms with Gasteiger partial charge >= 0.3 is 0 Å². The number of ether oxygens (including phenoxy) is 2. The van der Waals surface area contributed by atoms with Gasteiger partial charge in [0.15, 0.2) is 16.4 Å². The lowest BCUT2D eigenvalue weighted by Crippen LogP contribution is -2.43. The van der Waals surface area contributed by atoms with Crippen molar-refractivity contribution in [2.24, 2.45) is 0 Å². The second-order valence-corrected chi connectivity index (χ2v) is 7.87. The van der Waals surface area contributed by atoms with Crippen molar-refractivity contribution in [1.29, 1.82) is 5.26 Å². The minimum atomic E-state index is -3.49. The van der Waals surface area contributed by atoms with Gasteiger partial charge in [0.2, 0.25) is 0 Å². The van der Waals surface area contributed by atoms with E-state index in [0.29, 0.717) is 11.3 Å². The summed E-state index contributed by atoms with van der Waals surface area (Å²) in [7, 11) is -2.08. The highest BCUT2D eigenvalue weighted by Crippen LogP contribution is 2.13. The molecule has 2 rings (SSSR count). The first kappa shape index (κ1) is 21.9. The number of methoxy groups -OCH3 is 1. The van der Waals surface area contributed by atoms with E-state index in [4.69, 9.17) is 14.7 Å². The number of hydrogen-bond acceptors (Lipinski definition) is 7. The first-order chi connectivity index (χ1) is 13.9. The Labute approximate surface area is 168 Å². The Bertz CT molecular complexity index is 996. The van der Waals surface area contributed by atoms with Gasteiger partial charge < -0.3 is 9.47 Å². The van der Waals surface area contributed by atoms with Gasteiger partial charge in [-0.15, -0.1) is 0 Å². The SMILES string of the molecule is COCCS(=O)(=O)c1ccc(C(=O)NNC(=O)COc2ccc(C#N)cc2)cc1. The van der Waals surface area contributed by atoms with E-state index in [9.17, 15) is 18.0 Å². The van der Waals surface area contributed by atoms with Crippen molar-refractivity contribution in [2.75, 3.05) is 26.1 Å². The molecule has 2 aromatic carbocycles. The van der Waals surface area contributed by atoms with Crippen LogP contribution in [0.1, 0.15) is 15.9 Å². The smallest absolute Gasteiger partial charge is 0.276 e. The summed E-state index contributed by atoms with van der Waals surface area (Å²) in [4.78, 5) is 23.9. The molecule has 10 heteroatoms. The van der Waals surface area contributed by atoms with Crippen molar-refractivity contribution in [3.63, 3.8) is 0 Å². The van der Waals surface area contributed by atoms with Crippen LogP contribution in [0.2, 0.25) is 0 Å². The van der Waals surface area contributed by atoms with Gasteiger partial charge in [0.1, 0.15) is 5.75 Å². The normalized spacial score (nSPS) is 10.6. The summed E-state index contributed by atoms with van der Waals surface area (Å²) in [5.41, 5.74) is 5.05. The van der Waals surface area contributed by atoms with Crippen LogP contribution in [-0.2, 0) is 19.4 Å². The molecule has 0 aliphatic heterocycles. The third-order valence-electron chi connectivity index (χ3n) is 3.70. The Morgan fingerprint density at radius 1 is 1.03 bits per heavy atom. The molecule has 0 saturated heterocycles. The molecule has 0 aliphatic rings. The summed E-state index contributed by atoms with van der Waals surface area (Å²) < 4.78 is 34.1. The van der Waals surface area contributed by atoms with E-state index >= 15 is 0 Å². The predicted octanol–water partition coefficient (Wildman–Crippen LogP) is 0.818. The fourth-order valence-corrected chi connectivity index (χ4v) is 3.31. The quantitative estimate of drug-likeness (QED) is 0.607. The van der Waals surface area contributed by atoms with Crippen LogP contribution < -0.4 is 15.6 Å². The number of hydrazine groups is 1. The number of hydrogen-bond donors (Lipinski definition) is 2. The highest BCUT2D eigenvalue weighted by atomic mass is 32.2. The molecule has 0 aromatic heterocycles. The van der Waals surface area contributed by atoms with E-state index in [1.807, 2.05) is 6.07 Å². The van der Waals surface area contributed by atoms with Gasteiger partial charge in [-0.3, -0.25) is 20.4 Å². The number of nitriles is 1. The zero-order valence-electron chi connectivity index (χ0n) is 15.5. The molecule has 2 N–H and O–H groups in total. The van der Waals surface area contributed by atoms with Crippen LogP contribution in [0.4, 0.5) is 0 Å². The van der Waals surface area contributed by atoms with E-state index in [1.165, 1.54) is 31.4 Å². The highest BCUT2D eigenvalue weighted by molar-refractivity contribution is 7.91. The first-order valence-corrected chi connectivity index (χ1v) is 10.0. The van der Waals surface area contributed by atoms with E-state index in [-0.39, 0.29) is 29.4 Å². The molecule has 29 heavy (non-hydrogen) atoms. The number of rotatable bonds is 8. The lowest BCUT2D eigenvalue weighted by Gasteiger charge is -2.09. The Balaban J connectivity index is 1.83. The Morgan fingerprint density at radius 2 is 1.69 bits per heavy atom. The summed E-state index contributed by atoms with van der Waals surface area (Å²) in [6, 6.07) is 13.5. The van der Waals surface area contributed by atoms with Crippen LogP contribution in [0.3, 0.4) is 0 Å². The molecule has 0 spiro atoms. The van der Waals surface area contributed by atoms with E-state index in [2.05, 4.69) is 10.9 Å². The van der Waals surface area contributed by atoms with Crippen LogP contribution in [0.5, 0.6) is 5.75 Å². The zero-order valence-corrected chi connectivity index (χ0v) is 16.4. The Kier molecular flexibility index (Phi) is 7.70. The number of benzene rings is 2. The van der Waals surface area contributed by atoms with Crippen LogP contribution >= 0.6 is 0 Å². The molecule has 0 radical (unpaired) electrons. The molecule has 2 aromatic rings. The van der Waals surface area contributed by atoms with E-state index in [1.54, 1.807) is 24.3 Å². The van der Waals surface area contributed by atoms with Gasteiger partial charge in [0.05, 0.1) is 28.9 Å². The molecule has 0 aliphatic carbocycles. The third-order valence-corrected chi connectivity index (χ3v) is 5.40. The summed E-state index contributed by atoms with van der Waals surface area (Å²) in [6.45, 7) is -0.274. The summed E-state index contributed by atoms with van der Waals surface area (Å²) in [6.07, 6.45) is 0. The molecule has 9 nitrogen and oxygen atoms in total. The summed E-state index contributed by atoms with van der Waals surface area (Å²) in [5.74, 6) is -0.973. The minimum absolute atomic E-state index is 0.0706. The average Bonchev–Trinajstić information content (AvgIpc) is 2.75. The van der Waals surface area contributed by atoms with Gasteiger partial charge in [-0.2, -0.15) is 5.26 Å². The van der Waals surface area contributed by atoms with Crippen molar-refractivity contribution in [2.45, 2.75) is 4.90 Å². The fraction of sp³-hybridized carbons (Fsp3) is 0.211. The standard InChI is InChI=1S/C19H19N3O6S/c1-27-10-11-29(25,26)17-8-4-15(5-9-17)19(24)22-21-18(23)13-28-16-6-2-14(12-20)3-7-16/h2-9H,10-11,13H2,1H3,(H,21,23)(H,22,24). The third kappa shape index (κ3) is 6.60. The molecule has 0 fully saturated rings. The Hall–Kier alpha value is -3.42. The van der Waals surface area contributed by atoms with E-state index < -0.39 is 21.7 Å². The largest absolute Gasteiger partial charge is 0.484 e. The zero-order chi connectivity index (χ0) is 21.3. The maximum atomic E-state index is 12.1. The molecule has 2 amide bonds. The average molecular weight is 417 g/mol. The highest BCUT2D eigenvalue weighted by Gasteiger charge is 2.15. The minimum Gasteiger partial charge on any atom is -0.484 e. The van der Waals surface area contributed by atoms with Crippen molar-refractivity contribution in [3.8, 4) is 11.8 Å². The first-order valence-electron chi connectivity index (χ1n) is 8.39. The number of carbonyl (C=O) groups excluding carboxylic acids is 2. The number of carbonyl (C=O) groups is 2. The van der Waals surface area contributed by atoms with E-state index in [0.717, 1.165) is 0 Å². The van der Waals surface area contributed by atoms with Crippen LogP contribution in [0, 0.1) is 11.3 Å². The fourth-order valence-electron chi connectivity index (χ4n) is 2.13. The number of sulfone groups is 1. The van der Waals surface area contributed by atoms with Crippen molar-refractivity contribution in [3.05, 3.63) is 59.7 Å². The van der Waals surface area contributed by atoms with Crippen molar-refractivity contribution in [1.82, 2.24) is 10.9 Å². The molecule has 0 heterocycles. The lowest BCUT2D eigenvalue weighted by molar-refractivity contribution is -0.123. The van der Waals surface area contributed by atoms with Crippen LogP contribution in [0.25, 0.3) is 0 Å². The maximum absolute atomic E-state index is 12.1. The van der Waals surface area contributed by atoms with Crippen LogP contribution in [0.15, 0.2) is 53.4 Å². The monoisotopic (exact) mass is 417 g/mol. The number of nitrogens with one attached hydrogen (secondary N) is 2. The van der Waals surface area contributed by atoms with Gasteiger partial charge in [0, 0.05) is 12.7 Å². The molecule has 152 valence electrons. The van der Waals surface area contributed by atoms with Gasteiger partial charge in [-0.05, 0) is 48.5 Å². The molecule has 0 bridgehead atoms. The van der Waals surface area contributed by atoms with Gasteiger partial charge in [-0.1, -0.05) is 0 Å². The molecule has 0 atom stereocenters. The van der Waals surface area contributed by atoms with Crippen molar-refractivity contribution >= 4 is 21.7 Å². The van der Waals surface area contributed by atoms with Gasteiger partial charge in [0.25, 0.3) is 11.8 Å². The molecular formula is C19H19N3O6S. The van der Waals surface area contributed by atoms with Crippen LogP contribution in [-0.4, -0.2) is 46.3 Å².